The van der Waals surface area contributed by atoms with Crippen molar-refractivity contribution < 1.29 is 14.3 Å². The molecule has 0 radical (unpaired) electrons. The van der Waals surface area contributed by atoms with Crippen LogP contribution in [0.3, 0.4) is 0 Å². The Kier molecular flexibility index (Phi) is 6.20. The minimum Gasteiger partial charge on any atom is -0.461 e. The van der Waals surface area contributed by atoms with Gasteiger partial charge in [0, 0.05) is 19.6 Å². The van der Waals surface area contributed by atoms with Crippen molar-refractivity contribution in [2.75, 3.05) is 39.5 Å². The lowest BCUT2D eigenvalue weighted by Crippen LogP contribution is -2.38. The number of esters is 1. The molecule has 1 aromatic heterocycles. The number of hydrogen-bond donors (Lipinski definition) is 0. The van der Waals surface area contributed by atoms with Crippen molar-refractivity contribution in [2.24, 2.45) is 0 Å². The molecule has 1 aromatic rings. The van der Waals surface area contributed by atoms with Gasteiger partial charge in [-0.2, -0.15) is 5.10 Å². The summed E-state index contributed by atoms with van der Waals surface area (Å²) < 4.78 is 13.1. The number of halogens is 1. The topological polar surface area (TPSA) is 56.6 Å². The van der Waals surface area contributed by atoms with Gasteiger partial charge in [0.15, 0.2) is 5.69 Å². The second-order valence-electron chi connectivity index (χ2n) is 4.86. The number of hydrogen-bond acceptors (Lipinski definition) is 5. The highest BCUT2D eigenvalue weighted by Crippen LogP contribution is 2.23. The minimum atomic E-state index is -0.371. The maximum atomic E-state index is 11.9. The van der Waals surface area contributed by atoms with Gasteiger partial charge >= 0.3 is 5.97 Å². The van der Waals surface area contributed by atoms with Gasteiger partial charge in [0.05, 0.1) is 36.5 Å². The smallest absolute Gasteiger partial charge is 0.360 e. The molecule has 0 saturated carbocycles. The van der Waals surface area contributed by atoms with Gasteiger partial charge in [-0.3, -0.25) is 9.58 Å². The largest absolute Gasteiger partial charge is 0.461 e. The second-order valence-corrected chi connectivity index (χ2v) is 5.65. The maximum absolute atomic E-state index is 11.9. The molecule has 0 unspecified atom stereocenters. The Bertz CT molecular complexity index is 484. The van der Waals surface area contributed by atoms with Crippen LogP contribution < -0.4 is 0 Å². The predicted octanol–water partition coefficient (Wildman–Crippen LogP) is 1.72. The van der Waals surface area contributed by atoms with Crippen LogP contribution in [0.25, 0.3) is 0 Å². The maximum Gasteiger partial charge on any atom is 0.360 e. The van der Waals surface area contributed by atoms with Gasteiger partial charge in [0.2, 0.25) is 0 Å². The Morgan fingerprint density at radius 3 is 2.67 bits per heavy atom. The summed E-state index contributed by atoms with van der Waals surface area (Å²) in [5.41, 5.74) is 1.40. The first-order valence-electron chi connectivity index (χ1n) is 7.39. The summed E-state index contributed by atoms with van der Waals surface area (Å²) >= 11 is 3.48. The van der Waals surface area contributed by atoms with Crippen LogP contribution in [-0.2, 0) is 22.4 Å². The van der Waals surface area contributed by atoms with Gasteiger partial charge in [-0.25, -0.2) is 4.79 Å². The van der Waals surface area contributed by atoms with Gasteiger partial charge in [-0.1, -0.05) is 6.92 Å². The van der Waals surface area contributed by atoms with Gasteiger partial charge in [-0.05, 0) is 29.3 Å². The zero-order valence-corrected chi connectivity index (χ0v) is 14.2. The lowest BCUT2D eigenvalue weighted by atomic mass is 10.3. The average molecular weight is 360 g/mol. The van der Waals surface area contributed by atoms with Crippen LogP contribution in [-0.4, -0.2) is 60.1 Å². The molecule has 1 saturated heterocycles. The minimum absolute atomic E-state index is 0.355. The highest BCUT2D eigenvalue weighted by atomic mass is 79.9. The Labute approximate surface area is 133 Å². The summed E-state index contributed by atoms with van der Waals surface area (Å²) in [5.74, 6) is -0.371. The van der Waals surface area contributed by atoms with Gasteiger partial charge in [-0.15, -0.1) is 0 Å². The first-order valence-corrected chi connectivity index (χ1v) is 8.19. The molecule has 2 heterocycles. The molecule has 1 fully saturated rings. The summed E-state index contributed by atoms with van der Waals surface area (Å²) in [6.07, 6.45) is 0.816. The normalized spacial score (nSPS) is 16.1. The molecule has 7 heteroatoms. The fraction of sp³-hybridized carbons (Fsp3) is 0.714. The summed E-state index contributed by atoms with van der Waals surface area (Å²) in [5, 5.41) is 4.42. The fourth-order valence-corrected chi connectivity index (χ4v) is 3.11. The SMILES string of the molecule is CCOC(=O)c1nn(CCN2CCOCC2)c(CC)c1Br. The first kappa shape index (κ1) is 16.5. The Morgan fingerprint density at radius 1 is 1.33 bits per heavy atom. The summed E-state index contributed by atoms with van der Waals surface area (Å²) in [6, 6.07) is 0. The van der Waals surface area contributed by atoms with Crippen LogP contribution in [0.4, 0.5) is 0 Å². The van der Waals surface area contributed by atoms with E-state index in [-0.39, 0.29) is 5.97 Å². The molecular formula is C14H22BrN3O3. The fourth-order valence-electron chi connectivity index (χ4n) is 2.39. The summed E-state index contributed by atoms with van der Waals surface area (Å²) in [7, 11) is 0. The van der Waals surface area contributed by atoms with E-state index < -0.39 is 0 Å². The Morgan fingerprint density at radius 2 is 2.05 bits per heavy atom. The van der Waals surface area contributed by atoms with Gasteiger partial charge in [0.25, 0.3) is 0 Å². The van der Waals surface area contributed by atoms with E-state index >= 15 is 0 Å². The van der Waals surface area contributed by atoms with Crippen molar-refractivity contribution >= 4 is 21.9 Å². The van der Waals surface area contributed by atoms with Gasteiger partial charge in [0.1, 0.15) is 0 Å². The van der Waals surface area contributed by atoms with E-state index in [9.17, 15) is 4.79 Å². The molecule has 6 nitrogen and oxygen atoms in total. The van der Waals surface area contributed by atoms with Crippen molar-refractivity contribution in [3.8, 4) is 0 Å². The molecule has 0 aromatic carbocycles. The Balaban J connectivity index is 2.07. The molecule has 21 heavy (non-hydrogen) atoms. The zero-order chi connectivity index (χ0) is 15.2. The molecule has 0 amide bonds. The van der Waals surface area contributed by atoms with E-state index in [0.29, 0.717) is 12.3 Å². The van der Waals surface area contributed by atoms with E-state index in [1.54, 1.807) is 6.92 Å². The standard InChI is InChI=1S/C14H22BrN3O3/c1-3-11-12(15)13(14(19)21-4-2)16-18(11)6-5-17-7-9-20-10-8-17/h3-10H2,1-2H3. The zero-order valence-electron chi connectivity index (χ0n) is 12.6. The molecule has 0 N–H and O–H groups in total. The van der Waals surface area contributed by atoms with Crippen LogP contribution >= 0.6 is 15.9 Å². The third-order valence-corrected chi connectivity index (χ3v) is 4.36. The molecule has 0 spiro atoms. The van der Waals surface area contributed by atoms with Crippen LogP contribution in [0.2, 0.25) is 0 Å². The number of rotatable bonds is 6. The van der Waals surface area contributed by atoms with E-state index in [2.05, 4.69) is 32.9 Å². The summed E-state index contributed by atoms with van der Waals surface area (Å²) in [6.45, 7) is 9.36. The Hall–Kier alpha value is -0.920. The van der Waals surface area contributed by atoms with Crippen molar-refractivity contribution in [1.82, 2.24) is 14.7 Å². The molecule has 1 aliphatic heterocycles. The second kappa shape index (κ2) is 7.91. The van der Waals surface area contributed by atoms with E-state index in [0.717, 1.165) is 56.0 Å². The lowest BCUT2D eigenvalue weighted by molar-refractivity contribution is 0.0358. The van der Waals surface area contributed by atoms with Crippen LogP contribution in [0.15, 0.2) is 4.47 Å². The predicted molar refractivity (Wildman–Crippen MR) is 82.5 cm³/mol. The third kappa shape index (κ3) is 4.05. The molecule has 118 valence electrons. The molecule has 0 bridgehead atoms. The quantitative estimate of drug-likeness (QED) is 0.723. The van der Waals surface area contributed by atoms with Gasteiger partial charge < -0.3 is 9.47 Å². The van der Waals surface area contributed by atoms with E-state index in [1.165, 1.54) is 0 Å². The lowest BCUT2D eigenvalue weighted by Gasteiger charge is -2.26. The molecule has 0 atom stereocenters. The molecule has 2 rings (SSSR count). The van der Waals surface area contributed by atoms with Crippen LogP contribution in [0.1, 0.15) is 30.0 Å². The first-order chi connectivity index (χ1) is 10.2. The van der Waals surface area contributed by atoms with Crippen molar-refractivity contribution in [2.45, 2.75) is 26.8 Å². The average Bonchev–Trinajstić information content (AvgIpc) is 2.82. The molecular weight excluding hydrogens is 338 g/mol. The third-order valence-electron chi connectivity index (χ3n) is 3.53. The number of carbonyl (C=O) groups excluding carboxylic acids is 1. The van der Waals surface area contributed by atoms with Crippen LogP contribution in [0, 0.1) is 0 Å². The van der Waals surface area contributed by atoms with Crippen LogP contribution in [0.5, 0.6) is 0 Å². The monoisotopic (exact) mass is 359 g/mol. The highest BCUT2D eigenvalue weighted by molar-refractivity contribution is 9.10. The van der Waals surface area contributed by atoms with Crippen molar-refractivity contribution in [3.05, 3.63) is 15.9 Å². The summed E-state index contributed by atoms with van der Waals surface area (Å²) in [4.78, 5) is 14.2. The molecule has 1 aliphatic rings. The number of ether oxygens (including phenoxy) is 2. The number of carbonyl (C=O) groups is 1. The number of morpholine rings is 1. The van der Waals surface area contributed by atoms with Crippen molar-refractivity contribution in [1.29, 1.82) is 0 Å². The van der Waals surface area contributed by atoms with E-state index in [4.69, 9.17) is 9.47 Å². The molecule has 0 aliphatic carbocycles. The van der Waals surface area contributed by atoms with E-state index in [1.807, 2.05) is 4.68 Å². The number of aromatic nitrogens is 2. The number of nitrogens with zero attached hydrogens (tertiary/aromatic N) is 3. The highest BCUT2D eigenvalue weighted by Gasteiger charge is 2.21. The van der Waals surface area contributed by atoms with Crippen molar-refractivity contribution in [3.63, 3.8) is 0 Å².